The van der Waals surface area contributed by atoms with Crippen LogP contribution in [0.4, 0.5) is 11.4 Å². The van der Waals surface area contributed by atoms with Crippen LogP contribution in [0.2, 0.25) is 0 Å². The number of sulfonamides is 1. The summed E-state index contributed by atoms with van der Waals surface area (Å²) in [5, 5.41) is 13.7. The molecule has 1 saturated carbocycles. The van der Waals surface area contributed by atoms with Crippen molar-refractivity contribution < 1.29 is 13.3 Å². The van der Waals surface area contributed by atoms with Crippen LogP contribution in [0.15, 0.2) is 23.1 Å². The molecule has 1 aromatic rings. The van der Waals surface area contributed by atoms with E-state index in [0.29, 0.717) is 6.42 Å². The van der Waals surface area contributed by atoms with Crippen LogP contribution in [-0.2, 0) is 10.0 Å². The van der Waals surface area contributed by atoms with Crippen molar-refractivity contribution in [2.45, 2.75) is 43.0 Å². The van der Waals surface area contributed by atoms with E-state index in [1.807, 2.05) is 6.92 Å². The molecule has 1 aromatic carbocycles. The maximum Gasteiger partial charge on any atom is 0.293 e. The lowest BCUT2D eigenvalue weighted by Gasteiger charge is -2.41. The van der Waals surface area contributed by atoms with Gasteiger partial charge in [0, 0.05) is 18.7 Å². The number of nitrogens with one attached hydrogen (secondary N) is 2. The highest BCUT2D eigenvalue weighted by Gasteiger charge is 2.39. The van der Waals surface area contributed by atoms with Crippen LogP contribution in [0.3, 0.4) is 0 Å². The van der Waals surface area contributed by atoms with Crippen LogP contribution in [-0.4, -0.2) is 25.9 Å². The summed E-state index contributed by atoms with van der Waals surface area (Å²) in [6.45, 7) is 1.94. The molecule has 0 atom stereocenters. The number of benzene rings is 1. The molecule has 2 N–H and O–H groups in total. The highest BCUT2D eigenvalue weighted by Crippen LogP contribution is 2.36. The van der Waals surface area contributed by atoms with Crippen molar-refractivity contribution in [3.63, 3.8) is 0 Å². The summed E-state index contributed by atoms with van der Waals surface area (Å²) >= 11 is 0. The number of nitro groups is 1. The number of hydrogen-bond acceptors (Lipinski definition) is 5. The molecule has 1 aliphatic rings. The first kappa shape index (κ1) is 15.7. The minimum absolute atomic E-state index is 0.0760. The zero-order chi connectivity index (χ0) is 15.7. The zero-order valence-corrected chi connectivity index (χ0v) is 12.9. The third-order valence-corrected chi connectivity index (χ3v) is 5.66. The molecule has 2 rings (SSSR count). The fourth-order valence-corrected chi connectivity index (χ4v) is 4.07. The number of hydrogen-bond donors (Lipinski definition) is 2. The van der Waals surface area contributed by atoms with Crippen LogP contribution in [0.25, 0.3) is 0 Å². The van der Waals surface area contributed by atoms with E-state index >= 15 is 0 Å². The second-order valence-electron chi connectivity index (χ2n) is 5.28. The topological polar surface area (TPSA) is 101 Å². The maximum absolute atomic E-state index is 12.4. The minimum atomic E-state index is -3.75. The average Bonchev–Trinajstić information content (AvgIpc) is 2.42. The molecule has 116 valence electrons. The van der Waals surface area contributed by atoms with Gasteiger partial charge in [-0.05, 0) is 37.8 Å². The predicted octanol–water partition coefficient (Wildman–Crippen LogP) is 2.25. The molecular formula is C13H19N3O4S. The first-order valence-corrected chi connectivity index (χ1v) is 8.32. The van der Waals surface area contributed by atoms with Gasteiger partial charge in [0.15, 0.2) is 0 Å². The van der Waals surface area contributed by atoms with E-state index in [1.54, 1.807) is 7.05 Å². The second kappa shape index (κ2) is 5.61. The molecular weight excluding hydrogens is 294 g/mol. The molecule has 7 nitrogen and oxygen atoms in total. The third kappa shape index (κ3) is 3.01. The summed E-state index contributed by atoms with van der Waals surface area (Å²) in [5.74, 6) is 0. The first-order valence-electron chi connectivity index (χ1n) is 6.84. The molecule has 0 saturated heterocycles. The second-order valence-corrected chi connectivity index (χ2v) is 6.96. The lowest BCUT2D eigenvalue weighted by Crippen LogP contribution is -2.52. The Kier molecular flexibility index (Phi) is 4.20. The maximum atomic E-state index is 12.4. The van der Waals surface area contributed by atoms with E-state index in [-0.39, 0.29) is 16.3 Å². The van der Waals surface area contributed by atoms with Gasteiger partial charge in [-0.15, -0.1) is 0 Å². The van der Waals surface area contributed by atoms with E-state index in [4.69, 9.17) is 0 Å². The zero-order valence-electron chi connectivity index (χ0n) is 12.0. The summed E-state index contributed by atoms with van der Waals surface area (Å²) in [6, 6.07) is 3.88. The Morgan fingerprint density at radius 2 is 2.05 bits per heavy atom. The van der Waals surface area contributed by atoms with Crippen molar-refractivity contribution >= 4 is 21.4 Å². The van der Waals surface area contributed by atoms with Gasteiger partial charge in [-0.3, -0.25) is 10.1 Å². The molecule has 0 radical (unpaired) electrons. The number of nitrogens with zero attached hydrogens (tertiary/aromatic N) is 1. The Labute approximate surface area is 123 Å². The lowest BCUT2D eigenvalue weighted by atomic mass is 9.76. The summed E-state index contributed by atoms with van der Waals surface area (Å²) in [5.41, 5.74) is -0.359. The molecule has 0 spiro atoms. The van der Waals surface area contributed by atoms with E-state index in [9.17, 15) is 18.5 Å². The van der Waals surface area contributed by atoms with Gasteiger partial charge in [0.25, 0.3) is 5.69 Å². The summed E-state index contributed by atoms with van der Waals surface area (Å²) in [7, 11) is -2.20. The van der Waals surface area contributed by atoms with Gasteiger partial charge in [0.05, 0.1) is 9.82 Å². The third-order valence-electron chi connectivity index (χ3n) is 4.08. The minimum Gasteiger partial charge on any atom is -0.383 e. The Morgan fingerprint density at radius 3 is 2.48 bits per heavy atom. The number of nitro benzene ring substituents is 1. The Bertz CT molecular complexity index is 648. The predicted molar refractivity (Wildman–Crippen MR) is 79.8 cm³/mol. The molecule has 0 heterocycles. The van der Waals surface area contributed by atoms with Crippen molar-refractivity contribution in [1.29, 1.82) is 0 Å². The van der Waals surface area contributed by atoms with Gasteiger partial charge in [-0.2, -0.15) is 0 Å². The number of anilines is 1. The van der Waals surface area contributed by atoms with Crippen LogP contribution in [0.5, 0.6) is 0 Å². The molecule has 0 unspecified atom stereocenters. The van der Waals surface area contributed by atoms with E-state index in [1.165, 1.54) is 12.1 Å². The van der Waals surface area contributed by atoms with Crippen molar-refractivity contribution in [1.82, 2.24) is 4.72 Å². The summed E-state index contributed by atoms with van der Waals surface area (Å²) in [4.78, 5) is 10.3. The van der Waals surface area contributed by atoms with Crippen molar-refractivity contribution in [2.75, 3.05) is 12.4 Å². The van der Waals surface area contributed by atoms with Crippen molar-refractivity contribution in [2.24, 2.45) is 0 Å². The largest absolute Gasteiger partial charge is 0.383 e. The van der Waals surface area contributed by atoms with Crippen LogP contribution in [0, 0.1) is 10.1 Å². The quantitative estimate of drug-likeness (QED) is 0.619. The van der Waals surface area contributed by atoms with Crippen molar-refractivity contribution in [3.05, 3.63) is 28.3 Å². The molecule has 0 aliphatic heterocycles. The van der Waals surface area contributed by atoms with Gasteiger partial charge < -0.3 is 5.32 Å². The normalized spacial score (nSPS) is 17.0. The van der Waals surface area contributed by atoms with E-state index < -0.39 is 20.5 Å². The van der Waals surface area contributed by atoms with Crippen LogP contribution < -0.4 is 10.0 Å². The molecule has 8 heteroatoms. The van der Waals surface area contributed by atoms with Gasteiger partial charge in [-0.25, -0.2) is 13.1 Å². The molecule has 0 amide bonds. The Hall–Kier alpha value is -1.67. The molecule has 0 aromatic heterocycles. The summed E-state index contributed by atoms with van der Waals surface area (Å²) < 4.78 is 27.5. The van der Waals surface area contributed by atoms with E-state index in [0.717, 1.165) is 25.3 Å². The van der Waals surface area contributed by atoms with E-state index in [2.05, 4.69) is 10.0 Å². The molecule has 21 heavy (non-hydrogen) atoms. The van der Waals surface area contributed by atoms with Crippen LogP contribution in [0.1, 0.15) is 32.6 Å². The molecule has 0 bridgehead atoms. The fraction of sp³-hybridized carbons (Fsp3) is 0.538. The Balaban J connectivity index is 2.36. The monoisotopic (exact) mass is 313 g/mol. The van der Waals surface area contributed by atoms with Crippen molar-refractivity contribution in [3.8, 4) is 0 Å². The van der Waals surface area contributed by atoms with Gasteiger partial charge in [0.2, 0.25) is 10.0 Å². The highest BCUT2D eigenvalue weighted by molar-refractivity contribution is 7.89. The van der Waals surface area contributed by atoms with Crippen LogP contribution >= 0.6 is 0 Å². The Morgan fingerprint density at radius 1 is 1.38 bits per heavy atom. The highest BCUT2D eigenvalue weighted by atomic mass is 32.2. The van der Waals surface area contributed by atoms with Gasteiger partial charge in [-0.1, -0.05) is 6.92 Å². The lowest BCUT2D eigenvalue weighted by molar-refractivity contribution is -0.384. The summed E-state index contributed by atoms with van der Waals surface area (Å²) in [6.07, 6.45) is 3.32. The SMILES string of the molecule is CCC1(NS(=O)(=O)c2ccc(NC)c([N+](=O)[O-])c2)CCC1. The first-order chi connectivity index (χ1) is 9.83. The van der Waals surface area contributed by atoms with Gasteiger partial charge in [0.1, 0.15) is 5.69 Å². The number of rotatable bonds is 6. The standard InChI is InChI=1S/C13H19N3O4S/c1-3-13(7-4-8-13)15-21(19,20)10-5-6-11(14-2)12(9-10)16(17)18/h5-6,9,14-15H,3-4,7-8H2,1-2H3. The molecule has 1 fully saturated rings. The fourth-order valence-electron chi connectivity index (χ4n) is 2.52. The average molecular weight is 313 g/mol. The smallest absolute Gasteiger partial charge is 0.293 e. The molecule has 1 aliphatic carbocycles. The van der Waals surface area contributed by atoms with Gasteiger partial charge >= 0.3 is 0 Å².